The van der Waals surface area contributed by atoms with Crippen LogP contribution in [-0.2, 0) is 16.2 Å². The van der Waals surface area contributed by atoms with E-state index in [2.05, 4.69) is 145 Å². The Morgan fingerprint density at radius 1 is 0.577 bits per heavy atom. The van der Waals surface area contributed by atoms with Crippen molar-refractivity contribution in [3.63, 3.8) is 0 Å². The highest BCUT2D eigenvalue weighted by atomic mass is 16.3. The van der Waals surface area contributed by atoms with E-state index >= 15 is 0 Å². The predicted octanol–water partition coefficient (Wildman–Crippen LogP) is 13.7. The Morgan fingerprint density at radius 3 is 1.77 bits per heavy atom. The molecule has 0 saturated heterocycles. The second-order valence-electron chi connectivity index (χ2n) is 18.2. The lowest BCUT2D eigenvalue weighted by molar-refractivity contribution is 0.474. The number of nitrogens with zero attached hydrogens (tertiary/aromatic N) is 2. The van der Waals surface area contributed by atoms with E-state index in [4.69, 9.17) is 14.4 Å². The summed E-state index contributed by atoms with van der Waals surface area (Å²) in [6.07, 6.45) is 1.96. The van der Waals surface area contributed by atoms with Crippen molar-refractivity contribution in [3.05, 3.63) is 113 Å². The number of fused-ring (bicyclic) bond motifs is 1. The van der Waals surface area contributed by atoms with E-state index in [-0.39, 0.29) is 22.0 Å². The highest BCUT2D eigenvalue weighted by molar-refractivity contribution is 5.96. The molecular formula is C48H56N2O2. The van der Waals surface area contributed by atoms with Crippen molar-refractivity contribution in [3.8, 4) is 50.7 Å². The lowest BCUT2D eigenvalue weighted by atomic mass is 9.74. The van der Waals surface area contributed by atoms with E-state index < -0.39 is 0 Å². The summed E-state index contributed by atoms with van der Waals surface area (Å²) in [5.74, 6) is 1.41. The van der Waals surface area contributed by atoms with Gasteiger partial charge >= 0.3 is 0 Å². The van der Waals surface area contributed by atoms with Crippen molar-refractivity contribution in [1.82, 2.24) is 9.97 Å². The number of aromatic hydroxyl groups is 1. The number of oxazole rings is 1. The van der Waals surface area contributed by atoms with Crippen LogP contribution >= 0.6 is 0 Å². The number of hydrogen-bond donors (Lipinski definition) is 1. The molecule has 0 radical (unpaired) electrons. The molecule has 0 amide bonds. The number of hydrogen-bond acceptors (Lipinski definition) is 4. The summed E-state index contributed by atoms with van der Waals surface area (Å²) in [5.41, 5.74) is 14.5. The minimum atomic E-state index is -0.179. The maximum absolute atomic E-state index is 10.8. The summed E-state index contributed by atoms with van der Waals surface area (Å²) in [5, 5.41) is 10.8. The molecule has 4 nitrogen and oxygen atoms in total. The van der Waals surface area contributed by atoms with E-state index in [1.54, 1.807) is 6.07 Å². The standard InChI is InChI=1S/C48H56N2O2/c1-28(2)31-20-32(29(3)4)22-33(21-31)30-18-19-49-41(23-30)38-26-36(39(47(8,9)10)27-40(38)48(11,12)13)37-24-34(46(5,6)7)25-43-44(37)50-45(52-43)35-16-14-15-17-42(35)51/h14-29,51H,1-13H3. The smallest absolute Gasteiger partial charge is 0.231 e. The zero-order valence-corrected chi connectivity index (χ0v) is 33.5. The van der Waals surface area contributed by atoms with E-state index in [9.17, 15) is 5.11 Å². The van der Waals surface area contributed by atoms with Crippen LogP contribution in [0.15, 0.2) is 89.5 Å². The number of pyridine rings is 1. The first-order valence-electron chi connectivity index (χ1n) is 18.8. The Bertz CT molecular complexity index is 2240. The van der Waals surface area contributed by atoms with Crippen LogP contribution in [0.2, 0.25) is 0 Å². The molecule has 0 aliphatic heterocycles. The molecular weight excluding hydrogens is 637 g/mol. The molecule has 4 aromatic carbocycles. The molecule has 4 heteroatoms. The summed E-state index contributed by atoms with van der Waals surface area (Å²) in [7, 11) is 0. The van der Waals surface area contributed by atoms with Crippen molar-refractivity contribution in [1.29, 1.82) is 0 Å². The molecule has 2 heterocycles. The van der Waals surface area contributed by atoms with Crippen molar-refractivity contribution in [2.24, 2.45) is 0 Å². The lowest BCUT2D eigenvalue weighted by Crippen LogP contribution is -2.19. The first-order chi connectivity index (χ1) is 24.2. The largest absolute Gasteiger partial charge is 0.507 e. The van der Waals surface area contributed by atoms with Crippen LogP contribution < -0.4 is 0 Å². The van der Waals surface area contributed by atoms with Crippen LogP contribution in [0.25, 0.3) is 56.1 Å². The Hall–Kier alpha value is -4.70. The van der Waals surface area contributed by atoms with Crippen molar-refractivity contribution >= 4 is 11.1 Å². The van der Waals surface area contributed by atoms with Gasteiger partial charge in [-0.05, 0) is 115 Å². The normalized spacial score (nSPS) is 12.8. The molecule has 0 bridgehead atoms. The average Bonchev–Trinajstić information content (AvgIpc) is 3.50. The fraction of sp³-hybridized carbons (Fsp3) is 0.375. The molecule has 6 rings (SSSR count). The molecule has 6 aromatic rings. The van der Waals surface area contributed by atoms with Crippen LogP contribution in [0.1, 0.15) is 130 Å². The van der Waals surface area contributed by atoms with Crippen LogP contribution in [0.3, 0.4) is 0 Å². The number of phenolic OH excluding ortho intramolecular Hbond substituents is 1. The number of aromatic nitrogens is 2. The first-order valence-corrected chi connectivity index (χ1v) is 18.8. The van der Waals surface area contributed by atoms with Gasteiger partial charge in [0.05, 0.1) is 11.3 Å². The van der Waals surface area contributed by atoms with Crippen LogP contribution in [0, 0.1) is 0 Å². The quantitative estimate of drug-likeness (QED) is 0.189. The molecule has 2 aromatic heterocycles. The van der Waals surface area contributed by atoms with Gasteiger partial charge in [0.2, 0.25) is 5.89 Å². The zero-order chi connectivity index (χ0) is 37.9. The minimum absolute atomic E-state index is 0.143. The average molecular weight is 693 g/mol. The molecule has 0 unspecified atom stereocenters. The predicted molar refractivity (Wildman–Crippen MR) is 219 cm³/mol. The fourth-order valence-electron chi connectivity index (χ4n) is 6.98. The molecule has 0 saturated carbocycles. The lowest BCUT2D eigenvalue weighted by Gasteiger charge is -2.30. The van der Waals surface area contributed by atoms with E-state index in [0.29, 0.717) is 28.9 Å². The van der Waals surface area contributed by atoms with Crippen LogP contribution in [-0.4, -0.2) is 15.1 Å². The van der Waals surface area contributed by atoms with Crippen LogP contribution in [0.5, 0.6) is 5.75 Å². The Kier molecular flexibility index (Phi) is 9.53. The van der Waals surface area contributed by atoms with Gasteiger partial charge in [-0.25, -0.2) is 4.98 Å². The SMILES string of the molecule is CC(C)c1cc(-c2ccnc(-c3cc(-c4cc(C(C)(C)C)cc5oc(-c6ccccc6O)nc45)c(C(C)(C)C)cc3C(C)(C)C)c2)cc(C(C)C)c1. The number of phenols is 1. The monoisotopic (exact) mass is 692 g/mol. The fourth-order valence-corrected chi connectivity index (χ4v) is 6.98. The van der Waals surface area contributed by atoms with E-state index in [1.807, 2.05) is 24.4 Å². The summed E-state index contributed by atoms with van der Waals surface area (Å²) in [6, 6.07) is 27.8. The van der Waals surface area contributed by atoms with Gasteiger partial charge in [-0.15, -0.1) is 0 Å². The zero-order valence-electron chi connectivity index (χ0n) is 33.5. The van der Waals surface area contributed by atoms with Crippen molar-refractivity contribution in [2.45, 2.75) is 118 Å². The number of rotatable bonds is 6. The van der Waals surface area contributed by atoms with Gasteiger partial charge in [0.25, 0.3) is 0 Å². The van der Waals surface area contributed by atoms with Gasteiger partial charge in [0.1, 0.15) is 11.3 Å². The molecule has 52 heavy (non-hydrogen) atoms. The third kappa shape index (κ3) is 7.31. The molecule has 1 N–H and O–H groups in total. The summed E-state index contributed by atoms with van der Waals surface area (Å²) < 4.78 is 6.49. The Morgan fingerprint density at radius 2 is 1.19 bits per heavy atom. The van der Waals surface area contributed by atoms with Gasteiger partial charge in [-0.3, -0.25) is 4.98 Å². The van der Waals surface area contributed by atoms with E-state index in [0.717, 1.165) is 39.0 Å². The molecule has 270 valence electrons. The van der Waals surface area contributed by atoms with Gasteiger partial charge in [0.15, 0.2) is 5.58 Å². The highest BCUT2D eigenvalue weighted by Crippen LogP contribution is 2.46. The summed E-state index contributed by atoms with van der Waals surface area (Å²) >= 11 is 0. The van der Waals surface area contributed by atoms with Crippen molar-refractivity contribution in [2.75, 3.05) is 0 Å². The highest BCUT2D eigenvalue weighted by Gasteiger charge is 2.30. The number of benzene rings is 4. The third-order valence-electron chi connectivity index (χ3n) is 10.2. The third-order valence-corrected chi connectivity index (χ3v) is 10.2. The van der Waals surface area contributed by atoms with Crippen molar-refractivity contribution < 1.29 is 9.52 Å². The summed E-state index contributed by atoms with van der Waals surface area (Å²) in [4.78, 5) is 10.2. The van der Waals surface area contributed by atoms with Gasteiger partial charge in [0, 0.05) is 17.3 Å². The molecule has 0 aliphatic carbocycles. The second kappa shape index (κ2) is 13.4. The van der Waals surface area contributed by atoms with Gasteiger partial charge in [-0.2, -0.15) is 0 Å². The molecule has 0 atom stereocenters. The van der Waals surface area contributed by atoms with E-state index in [1.165, 1.54) is 27.8 Å². The van der Waals surface area contributed by atoms with Gasteiger partial charge < -0.3 is 9.52 Å². The summed E-state index contributed by atoms with van der Waals surface area (Å²) in [6.45, 7) is 29.5. The molecule has 0 spiro atoms. The maximum Gasteiger partial charge on any atom is 0.231 e. The number of para-hydroxylation sites is 1. The molecule has 0 fully saturated rings. The second-order valence-corrected chi connectivity index (χ2v) is 18.2. The molecule has 0 aliphatic rings. The Labute approximate surface area is 311 Å². The Balaban J connectivity index is 1.67. The van der Waals surface area contributed by atoms with Crippen LogP contribution in [0.4, 0.5) is 0 Å². The minimum Gasteiger partial charge on any atom is -0.507 e. The van der Waals surface area contributed by atoms with Gasteiger partial charge in [-0.1, -0.05) is 126 Å². The topological polar surface area (TPSA) is 59.2 Å². The maximum atomic E-state index is 10.8. The first kappa shape index (κ1) is 37.1.